The maximum atomic E-state index is 12.3. The van der Waals surface area contributed by atoms with E-state index in [0.717, 1.165) is 5.56 Å². The lowest BCUT2D eigenvalue weighted by Gasteiger charge is -2.12. The van der Waals surface area contributed by atoms with Crippen LogP contribution in [0.25, 0.3) is 0 Å². The van der Waals surface area contributed by atoms with Crippen LogP contribution in [-0.2, 0) is 4.74 Å². The Kier molecular flexibility index (Phi) is 5.98. The second-order valence-corrected chi connectivity index (χ2v) is 4.86. The molecule has 2 aromatic rings. The number of nitrogens with one attached hydrogen (secondary N) is 1. The molecule has 0 bridgehead atoms. The number of ether oxygens (including phenoxy) is 2. The fourth-order valence-electron chi connectivity index (χ4n) is 1.95. The summed E-state index contributed by atoms with van der Waals surface area (Å²) in [5, 5.41) is 2.88. The van der Waals surface area contributed by atoms with Gasteiger partial charge >= 0.3 is 0 Å². The van der Waals surface area contributed by atoms with E-state index in [-0.39, 0.29) is 5.91 Å². The Morgan fingerprint density at radius 2 is 1.77 bits per heavy atom. The Hall–Kier alpha value is -2.33. The lowest BCUT2D eigenvalue weighted by atomic mass is 10.1. The van der Waals surface area contributed by atoms with E-state index in [1.54, 1.807) is 0 Å². The third-order valence-corrected chi connectivity index (χ3v) is 3.14. The highest BCUT2D eigenvalue weighted by atomic mass is 16.5. The Balaban J connectivity index is 2.02. The zero-order chi connectivity index (χ0) is 15.8. The lowest BCUT2D eigenvalue weighted by molar-refractivity contribution is 0.102. The Bertz CT molecular complexity index is 608. The van der Waals surface area contributed by atoms with Gasteiger partial charge in [0, 0.05) is 12.2 Å². The van der Waals surface area contributed by atoms with Crippen LogP contribution < -0.4 is 10.1 Å². The zero-order valence-electron chi connectivity index (χ0n) is 13.0. The Labute approximate surface area is 131 Å². The fraction of sp³-hybridized carbons (Fsp3) is 0.278. The highest BCUT2D eigenvalue weighted by Crippen LogP contribution is 2.24. The third kappa shape index (κ3) is 4.60. The van der Waals surface area contributed by atoms with E-state index >= 15 is 0 Å². The average molecular weight is 299 g/mol. The van der Waals surface area contributed by atoms with E-state index in [4.69, 9.17) is 9.47 Å². The first-order chi connectivity index (χ1) is 10.7. The van der Waals surface area contributed by atoms with Crippen LogP contribution >= 0.6 is 0 Å². The molecular weight excluding hydrogens is 278 g/mol. The first-order valence-electron chi connectivity index (χ1n) is 7.38. The number of anilines is 1. The number of hydrogen-bond acceptors (Lipinski definition) is 3. The van der Waals surface area contributed by atoms with Crippen molar-refractivity contribution in [3.05, 3.63) is 59.7 Å². The summed E-state index contributed by atoms with van der Waals surface area (Å²) in [5.74, 6) is 0.489. The van der Waals surface area contributed by atoms with Crippen molar-refractivity contribution in [1.82, 2.24) is 0 Å². The first kappa shape index (κ1) is 16.0. The van der Waals surface area contributed by atoms with Crippen molar-refractivity contribution < 1.29 is 14.3 Å². The quantitative estimate of drug-likeness (QED) is 0.794. The first-order valence-corrected chi connectivity index (χ1v) is 7.38. The van der Waals surface area contributed by atoms with E-state index in [1.165, 1.54) is 0 Å². The number of benzene rings is 2. The number of rotatable bonds is 7. The largest absolute Gasteiger partial charge is 0.489 e. The molecule has 0 saturated heterocycles. The monoisotopic (exact) mass is 299 g/mol. The summed E-state index contributed by atoms with van der Waals surface area (Å²) in [6.07, 6.45) is 0. The molecule has 2 aromatic carbocycles. The molecule has 0 saturated carbocycles. The molecule has 116 valence electrons. The molecule has 0 heterocycles. The molecular formula is C18H21NO3. The van der Waals surface area contributed by atoms with Gasteiger partial charge in [0.25, 0.3) is 5.91 Å². The van der Waals surface area contributed by atoms with Crippen molar-refractivity contribution in [1.29, 1.82) is 0 Å². The molecule has 2 rings (SSSR count). The number of carbonyl (C=O) groups is 1. The third-order valence-electron chi connectivity index (χ3n) is 3.14. The molecule has 0 aromatic heterocycles. The molecule has 0 radical (unpaired) electrons. The normalized spacial score (nSPS) is 10.3. The van der Waals surface area contributed by atoms with E-state index < -0.39 is 0 Å². The van der Waals surface area contributed by atoms with Crippen LogP contribution in [0.2, 0.25) is 0 Å². The topological polar surface area (TPSA) is 47.6 Å². The smallest absolute Gasteiger partial charge is 0.255 e. The van der Waals surface area contributed by atoms with E-state index in [1.807, 2.05) is 62.4 Å². The van der Waals surface area contributed by atoms with Gasteiger partial charge in [0.15, 0.2) is 0 Å². The van der Waals surface area contributed by atoms with Crippen molar-refractivity contribution in [2.45, 2.75) is 13.8 Å². The van der Waals surface area contributed by atoms with Crippen molar-refractivity contribution >= 4 is 11.6 Å². The highest BCUT2D eigenvalue weighted by molar-refractivity contribution is 6.05. The van der Waals surface area contributed by atoms with E-state index in [0.29, 0.717) is 36.8 Å². The summed E-state index contributed by atoms with van der Waals surface area (Å²) in [4.78, 5) is 12.3. The molecule has 0 aliphatic carbocycles. The van der Waals surface area contributed by atoms with Crippen LogP contribution in [0.3, 0.4) is 0 Å². The summed E-state index contributed by atoms with van der Waals surface area (Å²) < 4.78 is 10.9. The standard InChI is InChI=1S/C18H21NO3/c1-3-21-12-13-22-17-7-5-4-6-16(17)19-18(20)15-10-8-14(2)9-11-15/h4-11H,3,12-13H2,1-2H3,(H,19,20). The Morgan fingerprint density at radius 3 is 2.50 bits per heavy atom. The molecule has 1 amide bonds. The molecule has 0 fully saturated rings. The van der Waals surface area contributed by atoms with Gasteiger partial charge in [-0.25, -0.2) is 0 Å². The Morgan fingerprint density at radius 1 is 1.05 bits per heavy atom. The molecule has 4 nitrogen and oxygen atoms in total. The van der Waals surface area contributed by atoms with Gasteiger partial charge in [0.05, 0.1) is 12.3 Å². The second kappa shape index (κ2) is 8.20. The maximum absolute atomic E-state index is 12.3. The molecule has 1 N–H and O–H groups in total. The van der Waals surface area contributed by atoms with Crippen molar-refractivity contribution in [2.24, 2.45) is 0 Å². The van der Waals surface area contributed by atoms with E-state index in [2.05, 4.69) is 5.32 Å². The number of amides is 1. The summed E-state index contributed by atoms with van der Waals surface area (Å²) in [7, 11) is 0. The van der Waals surface area contributed by atoms with Gasteiger partial charge in [-0.3, -0.25) is 4.79 Å². The van der Waals surface area contributed by atoms with Gasteiger partial charge in [-0.1, -0.05) is 29.8 Å². The van der Waals surface area contributed by atoms with E-state index in [9.17, 15) is 4.79 Å². The summed E-state index contributed by atoms with van der Waals surface area (Å²) in [6, 6.07) is 14.8. The zero-order valence-corrected chi connectivity index (χ0v) is 13.0. The maximum Gasteiger partial charge on any atom is 0.255 e. The minimum absolute atomic E-state index is 0.152. The molecule has 0 unspecified atom stereocenters. The van der Waals surface area contributed by atoms with Crippen LogP contribution in [0.5, 0.6) is 5.75 Å². The SMILES string of the molecule is CCOCCOc1ccccc1NC(=O)c1ccc(C)cc1. The van der Waals surface area contributed by atoms with Crippen molar-refractivity contribution in [2.75, 3.05) is 25.1 Å². The van der Waals surface area contributed by atoms with Crippen molar-refractivity contribution in [3.63, 3.8) is 0 Å². The van der Waals surface area contributed by atoms with Gasteiger partial charge in [-0.15, -0.1) is 0 Å². The number of aryl methyl sites for hydroxylation is 1. The van der Waals surface area contributed by atoms with Crippen molar-refractivity contribution in [3.8, 4) is 5.75 Å². The minimum Gasteiger partial charge on any atom is -0.489 e. The minimum atomic E-state index is -0.152. The highest BCUT2D eigenvalue weighted by Gasteiger charge is 2.09. The summed E-state index contributed by atoms with van der Waals surface area (Å²) >= 11 is 0. The molecule has 22 heavy (non-hydrogen) atoms. The van der Waals surface area contributed by atoms with Crippen LogP contribution in [0.1, 0.15) is 22.8 Å². The van der Waals surface area contributed by atoms with Gasteiger partial charge in [0.1, 0.15) is 12.4 Å². The van der Waals surface area contributed by atoms with Gasteiger partial charge in [0.2, 0.25) is 0 Å². The molecule has 0 aliphatic heterocycles. The summed E-state index contributed by atoms with van der Waals surface area (Å²) in [6.45, 7) is 5.57. The van der Waals surface area contributed by atoms with Gasteiger partial charge < -0.3 is 14.8 Å². The predicted octanol–water partition coefficient (Wildman–Crippen LogP) is 3.66. The van der Waals surface area contributed by atoms with Crippen LogP contribution in [0.15, 0.2) is 48.5 Å². The van der Waals surface area contributed by atoms with Gasteiger partial charge in [-0.2, -0.15) is 0 Å². The lowest BCUT2D eigenvalue weighted by Crippen LogP contribution is -2.14. The van der Waals surface area contributed by atoms with Crippen LogP contribution in [0.4, 0.5) is 5.69 Å². The molecule has 0 spiro atoms. The predicted molar refractivity (Wildman–Crippen MR) is 87.6 cm³/mol. The fourth-order valence-corrected chi connectivity index (χ4v) is 1.95. The van der Waals surface area contributed by atoms with Crippen LogP contribution in [-0.4, -0.2) is 25.7 Å². The average Bonchev–Trinajstić information content (AvgIpc) is 2.53. The number of carbonyl (C=O) groups excluding carboxylic acids is 1. The van der Waals surface area contributed by atoms with Crippen LogP contribution in [0, 0.1) is 6.92 Å². The number of para-hydroxylation sites is 2. The second-order valence-electron chi connectivity index (χ2n) is 4.86. The van der Waals surface area contributed by atoms with Gasteiger partial charge in [-0.05, 0) is 38.1 Å². The number of hydrogen-bond donors (Lipinski definition) is 1. The molecule has 4 heteroatoms. The summed E-state index contributed by atoms with van der Waals surface area (Å²) in [5.41, 5.74) is 2.40. The molecule has 0 aliphatic rings. The molecule has 0 atom stereocenters.